The molecule has 0 heterocycles. The zero-order valence-corrected chi connectivity index (χ0v) is 10.6. The number of amides is 2. The van der Waals surface area contributed by atoms with Gasteiger partial charge in [0.1, 0.15) is 6.04 Å². The van der Waals surface area contributed by atoms with Crippen LogP contribution in [0.2, 0.25) is 0 Å². The molecule has 0 spiro atoms. The lowest BCUT2D eigenvalue weighted by atomic mass is 10.2. The topological polar surface area (TPSA) is 69.6 Å². The first-order valence-corrected chi connectivity index (χ1v) is 5.86. The molecule has 5 nitrogen and oxygen atoms in total. The first kappa shape index (κ1) is 14.0. The van der Waals surface area contributed by atoms with Crippen molar-refractivity contribution >= 4 is 12.0 Å². The molecule has 18 heavy (non-hydrogen) atoms. The summed E-state index contributed by atoms with van der Waals surface area (Å²) in [5.41, 5.74) is 1.01. The van der Waals surface area contributed by atoms with E-state index in [1.54, 1.807) is 4.90 Å². The second-order valence-electron chi connectivity index (χ2n) is 4.01. The molecule has 0 fully saturated rings. The van der Waals surface area contributed by atoms with Crippen LogP contribution in [-0.2, 0) is 11.3 Å². The highest BCUT2D eigenvalue weighted by Gasteiger charge is 2.18. The Kier molecular flexibility index (Phi) is 5.17. The van der Waals surface area contributed by atoms with Gasteiger partial charge in [0.05, 0.1) is 0 Å². The number of carboxylic acids is 1. The van der Waals surface area contributed by atoms with E-state index in [0.29, 0.717) is 13.1 Å². The number of hydrogen-bond acceptors (Lipinski definition) is 2. The lowest BCUT2D eigenvalue weighted by molar-refractivity contribution is -0.138. The molecule has 0 aromatic heterocycles. The molecule has 1 rings (SSSR count). The van der Waals surface area contributed by atoms with E-state index in [1.165, 1.54) is 6.92 Å². The lowest BCUT2D eigenvalue weighted by Gasteiger charge is -2.22. The number of aliphatic carboxylic acids is 1. The average Bonchev–Trinajstić information content (AvgIpc) is 2.36. The van der Waals surface area contributed by atoms with Crippen molar-refractivity contribution in [3.8, 4) is 0 Å². The number of hydrogen-bond donors (Lipinski definition) is 2. The van der Waals surface area contributed by atoms with Crippen molar-refractivity contribution in [1.82, 2.24) is 10.2 Å². The monoisotopic (exact) mass is 250 g/mol. The molecule has 1 aromatic carbocycles. The summed E-state index contributed by atoms with van der Waals surface area (Å²) in [6, 6.07) is 8.32. The average molecular weight is 250 g/mol. The van der Waals surface area contributed by atoms with Crippen molar-refractivity contribution in [2.24, 2.45) is 0 Å². The van der Waals surface area contributed by atoms with E-state index in [-0.39, 0.29) is 6.03 Å². The third-order valence-corrected chi connectivity index (χ3v) is 2.60. The lowest BCUT2D eigenvalue weighted by Crippen LogP contribution is -2.46. The van der Waals surface area contributed by atoms with Crippen molar-refractivity contribution in [3.05, 3.63) is 35.9 Å². The Morgan fingerprint density at radius 1 is 1.33 bits per heavy atom. The van der Waals surface area contributed by atoms with Crippen LogP contribution in [0.15, 0.2) is 30.3 Å². The van der Waals surface area contributed by atoms with E-state index in [4.69, 9.17) is 5.11 Å². The van der Waals surface area contributed by atoms with Crippen LogP contribution in [0.3, 0.4) is 0 Å². The molecule has 2 N–H and O–H groups in total. The summed E-state index contributed by atoms with van der Waals surface area (Å²) < 4.78 is 0. The van der Waals surface area contributed by atoms with Crippen LogP contribution in [0.25, 0.3) is 0 Å². The fourth-order valence-corrected chi connectivity index (χ4v) is 1.47. The van der Waals surface area contributed by atoms with Crippen LogP contribution in [0.5, 0.6) is 0 Å². The summed E-state index contributed by atoms with van der Waals surface area (Å²) in [6.07, 6.45) is 0. The second-order valence-corrected chi connectivity index (χ2v) is 4.01. The SMILES string of the molecule is CCN(Cc1ccccc1)C(=O)N[C@H](C)C(=O)O. The highest BCUT2D eigenvalue weighted by molar-refractivity contribution is 5.82. The summed E-state index contributed by atoms with van der Waals surface area (Å²) in [5, 5.41) is 11.2. The molecule has 5 heteroatoms. The number of carbonyl (C=O) groups excluding carboxylic acids is 1. The Hall–Kier alpha value is -2.04. The van der Waals surface area contributed by atoms with Crippen LogP contribution >= 0.6 is 0 Å². The van der Waals surface area contributed by atoms with E-state index in [0.717, 1.165) is 5.56 Å². The van der Waals surface area contributed by atoms with Crippen LogP contribution < -0.4 is 5.32 Å². The first-order valence-electron chi connectivity index (χ1n) is 5.86. The number of carboxylic acid groups (broad SMARTS) is 1. The largest absolute Gasteiger partial charge is 0.480 e. The molecule has 0 aliphatic rings. The third-order valence-electron chi connectivity index (χ3n) is 2.60. The quantitative estimate of drug-likeness (QED) is 0.835. The van der Waals surface area contributed by atoms with Gasteiger partial charge in [0, 0.05) is 13.1 Å². The molecule has 0 aliphatic carbocycles. The molecule has 0 bridgehead atoms. The molecule has 2 amide bonds. The van der Waals surface area contributed by atoms with Gasteiger partial charge in [-0.25, -0.2) is 4.79 Å². The van der Waals surface area contributed by atoms with Gasteiger partial charge in [0.25, 0.3) is 0 Å². The van der Waals surface area contributed by atoms with Gasteiger partial charge in [-0.15, -0.1) is 0 Å². The van der Waals surface area contributed by atoms with Gasteiger partial charge in [-0.3, -0.25) is 4.79 Å². The maximum Gasteiger partial charge on any atom is 0.325 e. The van der Waals surface area contributed by atoms with Gasteiger partial charge >= 0.3 is 12.0 Å². The van der Waals surface area contributed by atoms with Gasteiger partial charge in [0.15, 0.2) is 0 Å². The van der Waals surface area contributed by atoms with Crippen LogP contribution in [0.1, 0.15) is 19.4 Å². The van der Waals surface area contributed by atoms with Gasteiger partial charge in [-0.2, -0.15) is 0 Å². The molecule has 0 unspecified atom stereocenters. The Bertz CT molecular complexity index is 406. The van der Waals surface area contributed by atoms with Crippen molar-refractivity contribution < 1.29 is 14.7 Å². The maximum atomic E-state index is 11.8. The standard InChI is InChI=1S/C13H18N2O3/c1-3-15(9-11-7-5-4-6-8-11)13(18)14-10(2)12(16)17/h4-8,10H,3,9H2,1-2H3,(H,14,18)(H,16,17)/t10-/m1/s1. The minimum Gasteiger partial charge on any atom is -0.480 e. The maximum absolute atomic E-state index is 11.8. The van der Waals surface area contributed by atoms with Crippen molar-refractivity contribution in [2.45, 2.75) is 26.4 Å². The van der Waals surface area contributed by atoms with Gasteiger partial charge in [0.2, 0.25) is 0 Å². The predicted molar refractivity (Wildman–Crippen MR) is 68.2 cm³/mol. The fraction of sp³-hybridized carbons (Fsp3) is 0.385. The van der Waals surface area contributed by atoms with Gasteiger partial charge in [-0.1, -0.05) is 30.3 Å². The summed E-state index contributed by atoms with van der Waals surface area (Å²) in [7, 11) is 0. The van der Waals surface area contributed by atoms with E-state index in [1.807, 2.05) is 37.3 Å². The van der Waals surface area contributed by atoms with Gasteiger partial charge < -0.3 is 15.3 Å². The third kappa shape index (κ3) is 4.08. The Balaban J connectivity index is 2.61. The molecule has 1 aromatic rings. The number of benzene rings is 1. The van der Waals surface area contributed by atoms with E-state index in [9.17, 15) is 9.59 Å². The number of nitrogens with one attached hydrogen (secondary N) is 1. The zero-order valence-electron chi connectivity index (χ0n) is 10.6. The number of carbonyl (C=O) groups is 2. The summed E-state index contributed by atoms with van der Waals surface area (Å²) >= 11 is 0. The first-order chi connectivity index (χ1) is 8.54. The number of nitrogens with zero attached hydrogens (tertiary/aromatic N) is 1. The van der Waals surface area contributed by atoms with Gasteiger partial charge in [-0.05, 0) is 19.4 Å². The molecule has 0 aliphatic heterocycles. The molecule has 0 saturated heterocycles. The van der Waals surface area contributed by atoms with E-state index in [2.05, 4.69) is 5.32 Å². The fourth-order valence-electron chi connectivity index (χ4n) is 1.47. The highest BCUT2D eigenvalue weighted by Crippen LogP contribution is 2.04. The summed E-state index contributed by atoms with van der Waals surface area (Å²) in [4.78, 5) is 24.1. The smallest absolute Gasteiger partial charge is 0.325 e. The molecular weight excluding hydrogens is 232 g/mol. The highest BCUT2D eigenvalue weighted by atomic mass is 16.4. The van der Waals surface area contributed by atoms with Crippen molar-refractivity contribution in [2.75, 3.05) is 6.54 Å². The molecule has 1 atom stereocenters. The molecule has 0 saturated carbocycles. The summed E-state index contributed by atoms with van der Waals surface area (Å²) in [5.74, 6) is -1.04. The van der Waals surface area contributed by atoms with E-state index < -0.39 is 12.0 Å². The van der Waals surface area contributed by atoms with Crippen molar-refractivity contribution in [3.63, 3.8) is 0 Å². The molecule has 0 radical (unpaired) electrons. The normalized spacial score (nSPS) is 11.7. The Morgan fingerprint density at radius 2 is 1.94 bits per heavy atom. The van der Waals surface area contributed by atoms with Crippen molar-refractivity contribution in [1.29, 1.82) is 0 Å². The minimum atomic E-state index is -1.04. The van der Waals surface area contributed by atoms with Crippen LogP contribution in [-0.4, -0.2) is 34.6 Å². The Morgan fingerprint density at radius 3 is 2.44 bits per heavy atom. The summed E-state index contributed by atoms with van der Waals surface area (Å²) in [6.45, 7) is 4.28. The molecular formula is C13H18N2O3. The minimum absolute atomic E-state index is 0.365. The second kappa shape index (κ2) is 6.64. The van der Waals surface area contributed by atoms with E-state index >= 15 is 0 Å². The van der Waals surface area contributed by atoms with Crippen LogP contribution in [0.4, 0.5) is 4.79 Å². The number of rotatable bonds is 5. The zero-order chi connectivity index (χ0) is 13.5. The predicted octanol–water partition coefficient (Wildman–Crippen LogP) is 1.69. The van der Waals surface area contributed by atoms with Crippen LogP contribution in [0, 0.1) is 0 Å². The number of urea groups is 1. The Labute approximate surface area is 106 Å². The molecule has 98 valence electrons.